The van der Waals surface area contributed by atoms with Crippen LogP contribution in [0.5, 0.6) is 0 Å². The van der Waals surface area contributed by atoms with E-state index in [9.17, 15) is 0 Å². The second-order valence-electron chi connectivity index (χ2n) is 3.85. The van der Waals surface area contributed by atoms with Gasteiger partial charge in [0, 0.05) is 11.8 Å². The maximum atomic E-state index is 6.18. The summed E-state index contributed by atoms with van der Waals surface area (Å²) >= 11 is 6.18. The maximum Gasteiger partial charge on any atom is 0.140 e. The normalized spacial score (nSPS) is 10.9. The summed E-state index contributed by atoms with van der Waals surface area (Å²) in [7, 11) is 0. The van der Waals surface area contributed by atoms with E-state index in [1.807, 2.05) is 12.1 Å². The molecule has 0 radical (unpaired) electrons. The molecule has 0 saturated carbocycles. The Morgan fingerprint density at radius 1 is 1.19 bits per heavy atom. The summed E-state index contributed by atoms with van der Waals surface area (Å²) in [5.74, 6) is 0.848. The zero-order chi connectivity index (χ0) is 11.5. The van der Waals surface area contributed by atoms with Gasteiger partial charge in [0.05, 0.1) is 5.52 Å². The molecule has 2 aromatic rings. The lowest BCUT2D eigenvalue weighted by Gasteiger charge is -2.06. The van der Waals surface area contributed by atoms with Crippen LogP contribution in [-0.4, -0.2) is 9.97 Å². The Labute approximate surface area is 101 Å². The van der Waals surface area contributed by atoms with Gasteiger partial charge in [0.15, 0.2) is 0 Å². The van der Waals surface area contributed by atoms with Gasteiger partial charge in [-0.05, 0) is 24.5 Å². The smallest absolute Gasteiger partial charge is 0.140 e. The van der Waals surface area contributed by atoms with Crippen molar-refractivity contribution in [1.82, 2.24) is 9.97 Å². The van der Waals surface area contributed by atoms with E-state index in [1.165, 1.54) is 5.56 Å². The third kappa shape index (κ3) is 2.03. The molecule has 0 atom stereocenters. The van der Waals surface area contributed by atoms with Crippen LogP contribution in [0.1, 0.15) is 31.7 Å². The molecule has 1 aromatic heterocycles. The van der Waals surface area contributed by atoms with Crippen molar-refractivity contribution in [2.24, 2.45) is 0 Å². The molecule has 0 saturated heterocycles. The quantitative estimate of drug-likeness (QED) is 0.755. The molecule has 0 amide bonds. The molecule has 0 fully saturated rings. The predicted molar refractivity (Wildman–Crippen MR) is 67.9 cm³/mol. The van der Waals surface area contributed by atoms with E-state index in [0.717, 1.165) is 36.0 Å². The van der Waals surface area contributed by atoms with Crippen LogP contribution in [0, 0.1) is 0 Å². The highest BCUT2D eigenvalue weighted by Crippen LogP contribution is 2.23. The number of hydrogen-bond acceptors (Lipinski definition) is 2. The van der Waals surface area contributed by atoms with Gasteiger partial charge in [0.25, 0.3) is 0 Å². The third-order valence-electron chi connectivity index (χ3n) is 2.66. The van der Waals surface area contributed by atoms with Gasteiger partial charge in [-0.1, -0.05) is 37.6 Å². The zero-order valence-corrected chi connectivity index (χ0v) is 10.4. The van der Waals surface area contributed by atoms with Gasteiger partial charge in [-0.25, -0.2) is 9.97 Å². The van der Waals surface area contributed by atoms with Crippen LogP contribution < -0.4 is 0 Å². The molecule has 0 N–H and O–H groups in total. The van der Waals surface area contributed by atoms with E-state index in [2.05, 4.69) is 29.9 Å². The molecule has 1 heterocycles. The minimum absolute atomic E-state index is 0.573. The molecule has 0 spiro atoms. The highest BCUT2D eigenvalue weighted by atomic mass is 35.5. The summed E-state index contributed by atoms with van der Waals surface area (Å²) in [5.41, 5.74) is 2.24. The van der Waals surface area contributed by atoms with Crippen LogP contribution in [0.3, 0.4) is 0 Å². The molecule has 16 heavy (non-hydrogen) atoms. The van der Waals surface area contributed by atoms with Crippen LogP contribution in [0.4, 0.5) is 0 Å². The molecule has 0 bridgehead atoms. The van der Waals surface area contributed by atoms with E-state index in [1.54, 1.807) is 0 Å². The van der Waals surface area contributed by atoms with E-state index in [-0.39, 0.29) is 0 Å². The predicted octanol–water partition coefficient (Wildman–Crippen LogP) is 3.80. The fraction of sp³-hybridized carbons (Fsp3) is 0.385. The SMILES string of the molecule is CCCc1nc(Cl)c2cccc(CC)c2n1. The van der Waals surface area contributed by atoms with E-state index in [4.69, 9.17) is 11.6 Å². The Bertz CT molecular complexity index is 509. The third-order valence-corrected chi connectivity index (χ3v) is 2.95. The Kier molecular flexibility index (Phi) is 3.39. The van der Waals surface area contributed by atoms with Crippen molar-refractivity contribution in [2.75, 3.05) is 0 Å². The van der Waals surface area contributed by atoms with Crippen molar-refractivity contribution in [2.45, 2.75) is 33.1 Å². The van der Waals surface area contributed by atoms with E-state index < -0.39 is 0 Å². The molecular formula is C13H15ClN2. The standard InChI is InChI=1S/C13H15ClN2/c1-3-6-11-15-12-9(4-2)7-5-8-10(12)13(14)16-11/h5,7-8H,3-4,6H2,1-2H3. The first-order valence-electron chi connectivity index (χ1n) is 5.70. The monoisotopic (exact) mass is 234 g/mol. The van der Waals surface area contributed by atoms with E-state index in [0.29, 0.717) is 5.15 Å². The van der Waals surface area contributed by atoms with Gasteiger partial charge in [-0.3, -0.25) is 0 Å². The van der Waals surface area contributed by atoms with Gasteiger partial charge >= 0.3 is 0 Å². The summed E-state index contributed by atoms with van der Waals surface area (Å²) in [6, 6.07) is 6.09. The van der Waals surface area contributed by atoms with Crippen molar-refractivity contribution < 1.29 is 0 Å². The fourth-order valence-electron chi connectivity index (χ4n) is 1.84. The van der Waals surface area contributed by atoms with Crippen LogP contribution >= 0.6 is 11.6 Å². The minimum atomic E-state index is 0.573. The van der Waals surface area contributed by atoms with Crippen molar-refractivity contribution in [3.05, 3.63) is 34.7 Å². The van der Waals surface area contributed by atoms with Crippen molar-refractivity contribution in [3.8, 4) is 0 Å². The Hall–Kier alpha value is -1.15. The molecule has 0 unspecified atom stereocenters. The lowest BCUT2D eigenvalue weighted by atomic mass is 10.1. The lowest BCUT2D eigenvalue weighted by molar-refractivity contribution is 0.843. The molecule has 2 nitrogen and oxygen atoms in total. The second kappa shape index (κ2) is 4.79. The van der Waals surface area contributed by atoms with Gasteiger partial charge in [-0.15, -0.1) is 0 Å². The van der Waals surface area contributed by atoms with Crippen molar-refractivity contribution in [1.29, 1.82) is 0 Å². The summed E-state index contributed by atoms with van der Waals surface area (Å²) in [6.45, 7) is 4.25. The number of hydrogen-bond donors (Lipinski definition) is 0. The summed E-state index contributed by atoms with van der Waals surface area (Å²) < 4.78 is 0. The number of rotatable bonds is 3. The van der Waals surface area contributed by atoms with Gasteiger partial charge in [-0.2, -0.15) is 0 Å². The summed E-state index contributed by atoms with van der Waals surface area (Å²) in [6.07, 6.45) is 2.89. The highest BCUT2D eigenvalue weighted by Gasteiger charge is 2.07. The number of para-hydroxylation sites is 1. The molecule has 0 aliphatic heterocycles. The largest absolute Gasteiger partial charge is 0.233 e. The molecule has 2 rings (SSSR count). The first-order valence-corrected chi connectivity index (χ1v) is 6.08. The zero-order valence-electron chi connectivity index (χ0n) is 9.63. The Morgan fingerprint density at radius 3 is 2.69 bits per heavy atom. The number of nitrogens with zero attached hydrogens (tertiary/aromatic N) is 2. The molecular weight excluding hydrogens is 220 g/mol. The van der Waals surface area contributed by atoms with Crippen LogP contribution in [-0.2, 0) is 12.8 Å². The average Bonchev–Trinajstić information content (AvgIpc) is 2.29. The topological polar surface area (TPSA) is 25.8 Å². The van der Waals surface area contributed by atoms with E-state index >= 15 is 0 Å². The van der Waals surface area contributed by atoms with Gasteiger partial charge in [0.1, 0.15) is 11.0 Å². The van der Waals surface area contributed by atoms with Gasteiger partial charge in [0.2, 0.25) is 0 Å². The van der Waals surface area contributed by atoms with Crippen LogP contribution in [0.2, 0.25) is 5.15 Å². The molecule has 0 aliphatic carbocycles. The Morgan fingerprint density at radius 2 is 2.00 bits per heavy atom. The number of halogens is 1. The average molecular weight is 235 g/mol. The molecule has 1 aromatic carbocycles. The van der Waals surface area contributed by atoms with Crippen LogP contribution in [0.15, 0.2) is 18.2 Å². The number of aryl methyl sites for hydroxylation is 2. The lowest BCUT2D eigenvalue weighted by Crippen LogP contribution is -1.98. The number of benzene rings is 1. The second-order valence-corrected chi connectivity index (χ2v) is 4.21. The fourth-order valence-corrected chi connectivity index (χ4v) is 2.09. The van der Waals surface area contributed by atoms with Crippen LogP contribution in [0.25, 0.3) is 10.9 Å². The van der Waals surface area contributed by atoms with Crippen molar-refractivity contribution >= 4 is 22.5 Å². The molecule has 84 valence electrons. The number of aromatic nitrogens is 2. The summed E-state index contributed by atoms with van der Waals surface area (Å²) in [5, 5.41) is 1.53. The molecule has 3 heteroatoms. The summed E-state index contributed by atoms with van der Waals surface area (Å²) in [4.78, 5) is 8.92. The first-order chi connectivity index (χ1) is 7.76. The number of fused-ring (bicyclic) bond motifs is 1. The highest BCUT2D eigenvalue weighted by molar-refractivity contribution is 6.34. The first kappa shape index (κ1) is 11.3. The Balaban J connectivity index is 2.67. The minimum Gasteiger partial charge on any atom is -0.233 e. The maximum absolute atomic E-state index is 6.18. The molecule has 0 aliphatic rings. The van der Waals surface area contributed by atoms with Gasteiger partial charge < -0.3 is 0 Å². The van der Waals surface area contributed by atoms with Crippen molar-refractivity contribution in [3.63, 3.8) is 0 Å².